The molecule has 0 fully saturated rings. The summed E-state index contributed by atoms with van der Waals surface area (Å²) in [5, 5.41) is 2.38. The largest absolute Gasteiger partial charge is 0.401 e. The average molecular weight is 226 g/mol. The van der Waals surface area contributed by atoms with E-state index < -0.39 is 12.7 Å². The fraction of sp³-hybridized carbons (Fsp3) is 1.00. The van der Waals surface area contributed by atoms with Gasteiger partial charge in [-0.2, -0.15) is 13.2 Å². The highest BCUT2D eigenvalue weighted by Gasteiger charge is 2.25. The number of likely N-dealkylation sites (N-methyl/N-ethyl adjacent to an activating group) is 1. The van der Waals surface area contributed by atoms with Crippen LogP contribution < -0.4 is 5.32 Å². The van der Waals surface area contributed by atoms with Crippen molar-refractivity contribution in [1.82, 2.24) is 10.2 Å². The summed E-state index contributed by atoms with van der Waals surface area (Å²) in [7, 11) is 1.93. The van der Waals surface area contributed by atoms with E-state index in [0.29, 0.717) is 19.0 Å². The molecule has 0 radical (unpaired) electrons. The van der Waals surface area contributed by atoms with Gasteiger partial charge >= 0.3 is 6.18 Å². The summed E-state index contributed by atoms with van der Waals surface area (Å²) in [5.74, 6) is 0.595. The number of nitrogens with one attached hydrogen (secondary N) is 1. The monoisotopic (exact) mass is 226 g/mol. The third kappa shape index (κ3) is 10.0. The van der Waals surface area contributed by atoms with E-state index in [2.05, 4.69) is 24.1 Å². The Morgan fingerprint density at radius 3 is 2.40 bits per heavy atom. The maximum atomic E-state index is 11.8. The fourth-order valence-corrected chi connectivity index (χ4v) is 1.25. The van der Waals surface area contributed by atoms with Gasteiger partial charge in [0.1, 0.15) is 0 Å². The summed E-state index contributed by atoms with van der Waals surface area (Å²) in [6, 6.07) is 0. The number of halogens is 3. The molecule has 5 heteroatoms. The molecule has 15 heavy (non-hydrogen) atoms. The molecule has 0 rings (SSSR count). The van der Waals surface area contributed by atoms with Crippen molar-refractivity contribution >= 4 is 0 Å². The van der Waals surface area contributed by atoms with Crippen LogP contribution in [0.25, 0.3) is 0 Å². The molecule has 0 aliphatic carbocycles. The maximum Gasteiger partial charge on any atom is 0.401 e. The first-order valence-electron chi connectivity index (χ1n) is 5.31. The predicted octanol–water partition coefficient (Wildman–Crippen LogP) is 2.12. The lowest BCUT2D eigenvalue weighted by Gasteiger charge is -2.20. The first kappa shape index (κ1) is 14.7. The lowest BCUT2D eigenvalue weighted by atomic mass is 10.1. The Labute approximate surface area is 89.8 Å². The van der Waals surface area contributed by atoms with E-state index in [-0.39, 0.29) is 0 Å². The number of hydrogen-bond acceptors (Lipinski definition) is 2. The Hall–Kier alpha value is -0.290. The molecule has 0 aliphatic heterocycles. The van der Waals surface area contributed by atoms with Crippen molar-refractivity contribution in [3.8, 4) is 0 Å². The van der Waals surface area contributed by atoms with Gasteiger partial charge < -0.3 is 10.2 Å². The molecule has 1 atom stereocenters. The second-order valence-electron chi connectivity index (χ2n) is 4.07. The molecule has 0 bridgehead atoms. The Morgan fingerprint density at radius 1 is 1.33 bits per heavy atom. The molecule has 0 spiro atoms. The van der Waals surface area contributed by atoms with E-state index >= 15 is 0 Å². The van der Waals surface area contributed by atoms with Crippen molar-refractivity contribution in [2.75, 3.05) is 33.2 Å². The molecule has 0 aliphatic rings. The Kier molecular flexibility index (Phi) is 6.92. The van der Waals surface area contributed by atoms with Gasteiger partial charge in [0.2, 0.25) is 0 Å². The topological polar surface area (TPSA) is 15.3 Å². The van der Waals surface area contributed by atoms with Crippen LogP contribution in [0.3, 0.4) is 0 Å². The summed E-state index contributed by atoms with van der Waals surface area (Å²) in [6.07, 6.45) is -3.00. The minimum Gasteiger partial charge on any atom is -0.307 e. The maximum absolute atomic E-state index is 11.8. The van der Waals surface area contributed by atoms with Gasteiger partial charge in [-0.1, -0.05) is 20.3 Å². The highest BCUT2D eigenvalue weighted by Crippen LogP contribution is 2.11. The second kappa shape index (κ2) is 7.06. The summed E-state index contributed by atoms with van der Waals surface area (Å²) in [5.41, 5.74) is 0. The molecule has 0 amide bonds. The third-order valence-corrected chi connectivity index (χ3v) is 2.32. The van der Waals surface area contributed by atoms with Crippen LogP contribution in [-0.4, -0.2) is 44.3 Å². The number of alkyl halides is 3. The van der Waals surface area contributed by atoms with Crippen LogP contribution in [0.2, 0.25) is 0 Å². The van der Waals surface area contributed by atoms with Gasteiger partial charge in [-0.25, -0.2) is 0 Å². The Balaban J connectivity index is 3.43. The molecule has 0 heterocycles. The molecule has 0 aromatic carbocycles. The quantitative estimate of drug-likeness (QED) is 0.669. The van der Waals surface area contributed by atoms with Crippen LogP contribution in [0, 0.1) is 5.92 Å². The minimum absolute atomic E-state index is 0.381. The van der Waals surface area contributed by atoms with Gasteiger partial charge in [-0.05, 0) is 13.0 Å². The third-order valence-electron chi connectivity index (χ3n) is 2.32. The molecule has 92 valence electrons. The van der Waals surface area contributed by atoms with E-state index in [0.717, 1.165) is 13.0 Å². The van der Waals surface area contributed by atoms with Crippen molar-refractivity contribution in [2.24, 2.45) is 5.92 Å². The molecule has 1 N–H and O–H groups in total. The smallest absolute Gasteiger partial charge is 0.307 e. The summed E-state index contributed by atoms with van der Waals surface area (Å²) < 4.78 is 35.3. The van der Waals surface area contributed by atoms with Crippen molar-refractivity contribution < 1.29 is 13.2 Å². The fourth-order valence-electron chi connectivity index (χ4n) is 1.25. The predicted molar refractivity (Wildman–Crippen MR) is 55.9 cm³/mol. The van der Waals surface area contributed by atoms with Crippen LogP contribution in [0.4, 0.5) is 13.2 Å². The first-order chi connectivity index (χ1) is 6.85. The number of hydrogen-bond donors (Lipinski definition) is 1. The van der Waals surface area contributed by atoms with Gasteiger partial charge in [0.05, 0.1) is 6.54 Å². The summed E-state index contributed by atoms with van der Waals surface area (Å²) >= 11 is 0. The van der Waals surface area contributed by atoms with E-state index in [4.69, 9.17) is 0 Å². The van der Waals surface area contributed by atoms with Gasteiger partial charge in [0.15, 0.2) is 0 Å². The highest BCUT2D eigenvalue weighted by molar-refractivity contribution is 4.61. The van der Waals surface area contributed by atoms with Crippen LogP contribution in [0.1, 0.15) is 20.3 Å². The minimum atomic E-state index is -4.10. The Morgan fingerprint density at radius 2 is 1.93 bits per heavy atom. The van der Waals surface area contributed by atoms with E-state index in [1.807, 2.05) is 7.05 Å². The first-order valence-corrected chi connectivity index (χ1v) is 5.31. The van der Waals surface area contributed by atoms with Crippen LogP contribution in [-0.2, 0) is 0 Å². The Bertz CT molecular complexity index is 159. The van der Waals surface area contributed by atoms with Crippen LogP contribution in [0.15, 0.2) is 0 Å². The van der Waals surface area contributed by atoms with E-state index in [1.165, 1.54) is 0 Å². The average Bonchev–Trinajstić information content (AvgIpc) is 2.11. The van der Waals surface area contributed by atoms with Crippen molar-refractivity contribution in [3.05, 3.63) is 0 Å². The zero-order valence-electron chi connectivity index (χ0n) is 9.69. The lowest BCUT2D eigenvalue weighted by Crippen LogP contribution is -2.36. The summed E-state index contributed by atoms with van der Waals surface area (Å²) in [4.78, 5) is 2.05. The number of rotatable bonds is 7. The molecular weight excluding hydrogens is 205 g/mol. The van der Waals surface area contributed by atoms with Gasteiger partial charge in [-0.3, -0.25) is 0 Å². The van der Waals surface area contributed by atoms with Crippen LogP contribution >= 0.6 is 0 Å². The SMILES string of the molecule is CCC(C)CN(C)CCNCC(F)(F)F. The van der Waals surface area contributed by atoms with Crippen molar-refractivity contribution in [3.63, 3.8) is 0 Å². The second-order valence-corrected chi connectivity index (χ2v) is 4.07. The normalized spacial score (nSPS) is 14.6. The van der Waals surface area contributed by atoms with E-state index in [1.54, 1.807) is 0 Å². The molecule has 2 nitrogen and oxygen atoms in total. The number of nitrogens with zero attached hydrogens (tertiary/aromatic N) is 1. The lowest BCUT2D eigenvalue weighted by molar-refractivity contribution is -0.124. The van der Waals surface area contributed by atoms with Gasteiger partial charge in [0.25, 0.3) is 0 Å². The van der Waals surface area contributed by atoms with Crippen molar-refractivity contribution in [2.45, 2.75) is 26.4 Å². The molecule has 0 saturated heterocycles. The zero-order valence-corrected chi connectivity index (χ0v) is 9.69. The highest BCUT2D eigenvalue weighted by atomic mass is 19.4. The molecule has 1 unspecified atom stereocenters. The molecular formula is C10H21F3N2. The van der Waals surface area contributed by atoms with Crippen LogP contribution in [0.5, 0.6) is 0 Å². The van der Waals surface area contributed by atoms with Gasteiger partial charge in [-0.15, -0.1) is 0 Å². The molecule has 0 aromatic rings. The van der Waals surface area contributed by atoms with E-state index in [9.17, 15) is 13.2 Å². The summed E-state index contributed by atoms with van der Waals surface area (Å²) in [6.45, 7) is 5.32. The molecule has 0 saturated carbocycles. The van der Waals surface area contributed by atoms with Crippen molar-refractivity contribution in [1.29, 1.82) is 0 Å². The van der Waals surface area contributed by atoms with Gasteiger partial charge in [0, 0.05) is 19.6 Å². The zero-order chi connectivity index (χ0) is 11.9. The molecule has 0 aromatic heterocycles. The standard InChI is InChI=1S/C10H21F3N2/c1-4-9(2)7-15(3)6-5-14-8-10(11,12)13/h9,14H,4-8H2,1-3H3.